The van der Waals surface area contributed by atoms with Crippen molar-refractivity contribution >= 4 is 11.9 Å². The van der Waals surface area contributed by atoms with Crippen LogP contribution in [0.3, 0.4) is 0 Å². The van der Waals surface area contributed by atoms with Crippen LogP contribution in [0.25, 0.3) is 0 Å². The minimum absolute atomic E-state index is 0.266. The zero-order valence-corrected chi connectivity index (χ0v) is 9.16. The molecule has 0 radical (unpaired) electrons. The minimum Gasteiger partial charge on any atom is -0.467 e. The second-order valence-electron chi connectivity index (χ2n) is 3.97. The molecule has 1 rings (SSSR count). The highest BCUT2D eigenvalue weighted by atomic mass is 16.5. The Balaban J connectivity index is 2.36. The maximum absolute atomic E-state index is 11.6. The summed E-state index contributed by atoms with van der Waals surface area (Å²) in [6, 6.07) is -1.13. The van der Waals surface area contributed by atoms with Gasteiger partial charge in [0.25, 0.3) is 0 Å². The molecule has 0 aromatic rings. The van der Waals surface area contributed by atoms with Crippen LogP contribution in [0.15, 0.2) is 0 Å². The number of carbonyl (C=O) groups excluding carboxylic acids is 2. The summed E-state index contributed by atoms with van der Waals surface area (Å²) in [5.41, 5.74) is 5.75. The van der Waals surface area contributed by atoms with Crippen LogP contribution in [-0.4, -0.2) is 31.1 Å². The average molecular weight is 214 g/mol. The summed E-state index contributed by atoms with van der Waals surface area (Å²) in [6.45, 7) is 1.58. The van der Waals surface area contributed by atoms with Crippen molar-refractivity contribution in [3.8, 4) is 0 Å². The van der Waals surface area contributed by atoms with E-state index >= 15 is 0 Å². The van der Waals surface area contributed by atoms with Gasteiger partial charge >= 0.3 is 5.97 Å². The monoisotopic (exact) mass is 214 g/mol. The molecule has 0 spiro atoms. The molecule has 0 bridgehead atoms. The van der Waals surface area contributed by atoms with E-state index in [2.05, 4.69) is 10.1 Å². The molecule has 1 aliphatic carbocycles. The fourth-order valence-corrected chi connectivity index (χ4v) is 1.56. The van der Waals surface area contributed by atoms with Crippen LogP contribution in [0.1, 0.15) is 26.2 Å². The first-order chi connectivity index (χ1) is 7.06. The molecule has 1 amide bonds. The smallest absolute Gasteiger partial charge is 0.328 e. The molecular weight excluding hydrogens is 196 g/mol. The Morgan fingerprint density at radius 2 is 2.07 bits per heavy atom. The van der Waals surface area contributed by atoms with Gasteiger partial charge in [-0.2, -0.15) is 0 Å². The van der Waals surface area contributed by atoms with Crippen molar-refractivity contribution in [2.75, 3.05) is 7.11 Å². The Morgan fingerprint density at radius 1 is 1.47 bits per heavy atom. The maximum atomic E-state index is 11.6. The number of methoxy groups -OCH3 is 1. The van der Waals surface area contributed by atoms with Gasteiger partial charge in [-0.25, -0.2) is 4.79 Å². The van der Waals surface area contributed by atoms with Gasteiger partial charge in [-0.3, -0.25) is 4.79 Å². The summed E-state index contributed by atoms with van der Waals surface area (Å²) in [5.74, 6) is -0.448. The van der Waals surface area contributed by atoms with E-state index in [0.29, 0.717) is 0 Å². The molecular formula is C10H18N2O3. The third kappa shape index (κ3) is 2.92. The van der Waals surface area contributed by atoms with Crippen molar-refractivity contribution < 1.29 is 14.3 Å². The highest BCUT2D eigenvalue weighted by Crippen LogP contribution is 2.28. The molecule has 5 heteroatoms. The van der Waals surface area contributed by atoms with Gasteiger partial charge in [0.2, 0.25) is 5.91 Å². The predicted octanol–water partition coefficient (Wildman–Crippen LogP) is -0.208. The molecule has 2 unspecified atom stereocenters. The number of ether oxygens (including phenoxy) is 1. The second-order valence-corrected chi connectivity index (χ2v) is 3.97. The van der Waals surface area contributed by atoms with Gasteiger partial charge in [0.15, 0.2) is 0 Å². The second kappa shape index (κ2) is 5.11. The summed E-state index contributed by atoms with van der Waals surface area (Å²) in [7, 11) is 1.29. The van der Waals surface area contributed by atoms with Crippen LogP contribution in [0.4, 0.5) is 0 Å². The summed E-state index contributed by atoms with van der Waals surface area (Å²) in [6.07, 6.45) is 3.14. The van der Waals surface area contributed by atoms with Crippen molar-refractivity contribution in [3.05, 3.63) is 0 Å². The lowest BCUT2D eigenvalue weighted by molar-refractivity contribution is -0.144. The lowest BCUT2D eigenvalue weighted by Gasteiger charge is -2.30. The van der Waals surface area contributed by atoms with Crippen LogP contribution in [0.2, 0.25) is 0 Å². The van der Waals surface area contributed by atoms with Gasteiger partial charge in [-0.1, -0.05) is 6.42 Å². The Hall–Kier alpha value is -1.10. The zero-order valence-electron chi connectivity index (χ0n) is 9.16. The number of carbonyl (C=O) groups is 2. The molecule has 5 nitrogen and oxygen atoms in total. The molecule has 15 heavy (non-hydrogen) atoms. The standard InChI is InChI=1S/C10H18N2O3/c1-6(10(14)15-2)12-9(13)8(11)7-4-3-5-7/h6-8H,3-5,11H2,1-2H3,(H,12,13). The molecule has 1 fully saturated rings. The third-order valence-electron chi connectivity index (χ3n) is 2.87. The third-order valence-corrected chi connectivity index (χ3v) is 2.87. The largest absolute Gasteiger partial charge is 0.467 e. The van der Waals surface area contributed by atoms with Crippen LogP contribution in [-0.2, 0) is 14.3 Å². The van der Waals surface area contributed by atoms with Crippen molar-refractivity contribution in [2.24, 2.45) is 11.7 Å². The number of rotatable bonds is 4. The molecule has 0 heterocycles. The van der Waals surface area contributed by atoms with Gasteiger partial charge in [0.1, 0.15) is 6.04 Å². The lowest BCUT2D eigenvalue weighted by atomic mass is 9.80. The summed E-state index contributed by atoms with van der Waals surface area (Å²) in [4.78, 5) is 22.6. The fraction of sp³-hybridized carbons (Fsp3) is 0.800. The van der Waals surface area contributed by atoms with Crippen LogP contribution < -0.4 is 11.1 Å². The first-order valence-electron chi connectivity index (χ1n) is 5.20. The topological polar surface area (TPSA) is 81.4 Å². The van der Waals surface area contributed by atoms with Gasteiger partial charge in [-0.05, 0) is 25.7 Å². The molecule has 3 N–H and O–H groups in total. The lowest BCUT2D eigenvalue weighted by Crippen LogP contribution is -2.51. The van der Waals surface area contributed by atoms with E-state index in [0.717, 1.165) is 19.3 Å². The van der Waals surface area contributed by atoms with E-state index in [1.54, 1.807) is 6.92 Å². The summed E-state index contributed by atoms with van der Waals surface area (Å²) in [5, 5.41) is 2.54. The van der Waals surface area contributed by atoms with E-state index in [9.17, 15) is 9.59 Å². The van der Waals surface area contributed by atoms with Gasteiger partial charge in [-0.15, -0.1) is 0 Å². The van der Waals surface area contributed by atoms with Crippen LogP contribution >= 0.6 is 0 Å². The van der Waals surface area contributed by atoms with Crippen molar-refractivity contribution in [3.63, 3.8) is 0 Å². The summed E-state index contributed by atoms with van der Waals surface area (Å²) < 4.78 is 4.50. The molecule has 0 aromatic heterocycles. The van der Waals surface area contributed by atoms with E-state index in [-0.39, 0.29) is 11.8 Å². The Kier molecular flexibility index (Phi) is 4.08. The SMILES string of the molecule is COC(=O)C(C)NC(=O)C(N)C1CCC1. The van der Waals surface area contributed by atoms with Crippen molar-refractivity contribution in [1.82, 2.24) is 5.32 Å². The van der Waals surface area contributed by atoms with E-state index in [1.165, 1.54) is 7.11 Å². The molecule has 0 aliphatic heterocycles. The van der Waals surface area contributed by atoms with Gasteiger partial charge in [0.05, 0.1) is 13.2 Å². The minimum atomic E-state index is -0.631. The Labute approximate surface area is 89.3 Å². The number of amides is 1. The number of nitrogens with one attached hydrogen (secondary N) is 1. The number of nitrogens with two attached hydrogens (primary N) is 1. The normalized spacial score (nSPS) is 19.9. The maximum Gasteiger partial charge on any atom is 0.328 e. The van der Waals surface area contributed by atoms with Crippen molar-refractivity contribution in [2.45, 2.75) is 38.3 Å². The van der Waals surface area contributed by atoms with E-state index in [1.807, 2.05) is 0 Å². The number of esters is 1. The van der Waals surface area contributed by atoms with Crippen LogP contribution in [0, 0.1) is 5.92 Å². The highest BCUT2D eigenvalue weighted by Gasteiger charge is 2.30. The quantitative estimate of drug-likeness (QED) is 0.634. The van der Waals surface area contributed by atoms with Crippen LogP contribution in [0.5, 0.6) is 0 Å². The molecule has 0 aromatic carbocycles. The van der Waals surface area contributed by atoms with Crippen molar-refractivity contribution in [1.29, 1.82) is 0 Å². The fourth-order valence-electron chi connectivity index (χ4n) is 1.56. The Morgan fingerprint density at radius 3 is 2.47 bits per heavy atom. The van der Waals surface area contributed by atoms with E-state index < -0.39 is 18.1 Å². The molecule has 2 atom stereocenters. The average Bonchev–Trinajstić information content (AvgIpc) is 2.13. The summed E-state index contributed by atoms with van der Waals surface area (Å²) >= 11 is 0. The Bertz CT molecular complexity index is 251. The van der Waals surface area contributed by atoms with Gasteiger partial charge < -0.3 is 15.8 Å². The first kappa shape index (κ1) is 12.0. The molecule has 86 valence electrons. The predicted molar refractivity (Wildman–Crippen MR) is 54.9 cm³/mol. The highest BCUT2D eigenvalue weighted by molar-refractivity contribution is 5.87. The molecule has 0 saturated heterocycles. The van der Waals surface area contributed by atoms with Gasteiger partial charge in [0, 0.05) is 0 Å². The van der Waals surface area contributed by atoms with E-state index in [4.69, 9.17) is 5.73 Å². The zero-order chi connectivity index (χ0) is 11.4. The molecule has 1 saturated carbocycles. The molecule has 1 aliphatic rings. The number of hydrogen-bond donors (Lipinski definition) is 2. The number of hydrogen-bond acceptors (Lipinski definition) is 4. The first-order valence-corrected chi connectivity index (χ1v) is 5.20.